The van der Waals surface area contributed by atoms with Gasteiger partial charge in [0.1, 0.15) is 0 Å². The molecule has 0 amide bonds. The molecule has 1 fully saturated rings. The van der Waals surface area contributed by atoms with Crippen molar-refractivity contribution in [2.45, 2.75) is 71.3 Å². The van der Waals surface area contributed by atoms with Crippen LogP contribution in [0.4, 0.5) is 4.39 Å². The van der Waals surface area contributed by atoms with Gasteiger partial charge in [-0.15, -0.1) is 0 Å². The van der Waals surface area contributed by atoms with E-state index in [0.717, 1.165) is 34.6 Å². The van der Waals surface area contributed by atoms with Gasteiger partial charge in [0.25, 0.3) is 0 Å². The van der Waals surface area contributed by atoms with Crippen LogP contribution >= 0.6 is 0 Å². The summed E-state index contributed by atoms with van der Waals surface area (Å²) in [6.07, 6.45) is -10.6. The van der Waals surface area contributed by atoms with Crippen molar-refractivity contribution in [3.63, 3.8) is 0 Å². The molecule has 11 heteroatoms. The Morgan fingerprint density at radius 2 is 0.667 bits per heavy atom. The maximum absolute atomic E-state index is 15.1. The second-order valence-corrected chi connectivity index (χ2v) is 5.81. The molecule has 0 aromatic rings. The van der Waals surface area contributed by atoms with Crippen LogP contribution in [0.1, 0.15) is 34.6 Å². The van der Waals surface area contributed by atoms with Crippen molar-refractivity contribution < 1.29 is 52.0 Å². The molecule has 0 aromatic heterocycles. The molecule has 10 nitrogen and oxygen atoms in total. The first kappa shape index (κ1) is 22.3. The Balaban J connectivity index is 3.46. The lowest BCUT2D eigenvalue weighted by molar-refractivity contribution is -0.246. The Labute approximate surface area is 154 Å². The molecule has 6 atom stereocenters. The van der Waals surface area contributed by atoms with Gasteiger partial charge in [0.15, 0.2) is 36.7 Å². The maximum atomic E-state index is 15.1. The molecule has 0 N–H and O–H groups in total. The van der Waals surface area contributed by atoms with E-state index in [9.17, 15) is 24.0 Å². The first-order valence-electron chi connectivity index (χ1n) is 7.94. The van der Waals surface area contributed by atoms with E-state index in [1.165, 1.54) is 0 Å². The summed E-state index contributed by atoms with van der Waals surface area (Å²) in [7, 11) is 0. The molecule has 1 aliphatic carbocycles. The number of carbonyl (C=O) groups excluding carboxylic acids is 5. The average Bonchev–Trinajstić information content (AvgIpc) is 2.49. The zero-order valence-corrected chi connectivity index (χ0v) is 15.4. The Hall–Kier alpha value is -2.72. The molecule has 0 aliphatic heterocycles. The predicted molar refractivity (Wildman–Crippen MR) is 82.7 cm³/mol. The topological polar surface area (TPSA) is 132 Å². The highest BCUT2D eigenvalue weighted by Crippen LogP contribution is 2.34. The number of carbonyl (C=O) groups is 5. The van der Waals surface area contributed by atoms with Crippen LogP contribution in [-0.4, -0.2) is 66.5 Å². The van der Waals surface area contributed by atoms with E-state index >= 15 is 4.39 Å². The zero-order chi connectivity index (χ0) is 20.9. The van der Waals surface area contributed by atoms with Crippen molar-refractivity contribution in [2.75, 3.05) is 0 Å². The average molecular weight is 392 g/mol. The van der Waals surface area contributed by atoms with Crippen LogP contribution in [0.3, 0.4) is 0 Å². The van der Waals surface area contributed by atoms with E-state index in [-0.39, 0.29) is 0 Å². The van der Waals surface area contributed by atoms with Crippen molar-refractivity contribution in [2.24, 2.45) is 0 Å². The van der Waals surface area contributed by atoms with Crippen LogP contribution in [0.15, 0.2) is 0 Å². The summed E-state index contributed by atoms with van der Waals surface area (Å²) in [5.74, 6) is -4.51. The first-order valence-corrected chi connectivity index (χ1v) is 7.94. The number of hydrogen-bond donors (Lipinski definition) is 0. The molecule has 1 saturated carbocycles. The van der Waals surface area contributed by atoms with Crippen LogP contribution in [0, 0.1) is 0 Å². The third kappa shape index (κ3) is 6.19. The van der Waals surface area contributed by atoms with Gasteiger partial charge in [0, 0.05) is 34.6 Å². The van der Waals surface area contributed by atoms with E-state index < -0.39 is 66.5 Å². The van der Waals surface area contributed by atoms with Gasteiger partial charge in [-0.25, -0.2) is 4.39 Å². The number of rotatable bonds is 5. The number of hydrogen-bond acceptors (Lipinski definition) is 10. The van der Waals surface area contributed by atoms with Crippen LogP contribution in [0.25, 0.3) is 0 Å². The van der Waals surface area contributed by atoms with Crippen molar-refractivity contribution in [3.8, 4) is 0 Å². The molecular weight excluding hydrogens is 371 g/mol. The quantitative estimate of drug-likeness (QED) is 0.465. The summed E-state index contributed by atoms with van der Waals surface area (Å²) in [6.45, 7) is 4.98. The van der Waals surface area contributed by atoms with E-state index in [2.05, 4.69) is 0 Å². The second-order valence-electron chi connectivity index (χ2n) is 5.81. The number of ether oxygens (including phenoxy) is 5. The fraction of sp³-hybridized carbons (Fsp3) is 0.688. The van der Waals surface area contributed by atoms with Crippen LogP contribution in [-0.2, 0) is 47.7 Å². The highest BCUT2D eigenvalue weighted by molar-refractivity contribution is 5.70. The summed E-state index contributed by atoms with van der Waals surface area (Å²) in [5.41, 5.74) is 0. The number of alkyl halides is 1. The van der Waals surface area contributed by atoms with Crippen molar-refractivity contribution in [1.29, 1.82) is 0 Å². The predicted octanol–water partition coefficient (Wildman–Crippen LogP) is -0.00340. The lowest BCUT2D eigenvalue weighted by Crippen LogP contribution is -2.67. The molecule has 2 unspecified atom stereocenters. The van der Waals surface area contributed by atoms with Gasteiger partial charge in [0.05, 0.1) is 0 Å². The largest absolute Gasteiger partial charge is 0.455 e. The van der Waals surface area contributed by atoms with Crippen LogP contribution < -0.4 is 0 Å². The molecular formula is C16H21FO10. The van der Waals surface area contributed by atoms with Gasteiger partial charge in [-0.3, -0.25) is 24.0 Å². The van der Waals surface area contributed by atoms with Crippen molar-refractivity contribution >= 4 is 29.8 Å². The van der Waals surface area contributed by atoms with Crippen molar-refractivity contribution in [1.82, 2.24) is 0 Å². The zero-order valence-electron chi connectivity index (χ0n) is 15.4. The fourth-order valence-corrected chi connectivity index (χ4v) is 2.73. The summed E-state index contributed by atoms with van der Waals surface area (Å²) >= 11 is 0. The third-order valence-electron chi connectivity index (χ3n) is 3.43. The molecule has 1 aliphatic rings. The minimum atomic E-state index is -2.24. The Morgan fingerprint density at radius 1 is 0.481 bits per heavy atom. The number of esters is 5. The monoisotopic (exact) mass is 392 g/mol. The first-order chi connectivity index (χ1) is 12.4. The van der Waals surface area contributed by atoms with Gasteiger partial charge in [-0.2, -0.15) is 0 Å². The Bertz CT molecular complexity index is 574. The summed E-state index contributed by atoms with van der Waals surface area (Å²) in [5, 5.41) is 0. The molecule has 0 saturated heterocycles. The van der Waals surface area contributed by atoms with E-state index in [1.54, 1.807) is 0 Å². The lowest BCUT2D eigenvalue weighted by atomic mass is 9.84. The molecule has 152 valence electrons. The minimum absolute atomic E-state index is 0.880. The number of halogens is 1. The van der Waals surface area contributed by atoms with Gasteiger partial charge in [-0.1, -0.05) is 0 Å². The van der Waals surface area contributed by atoms with E-state index in [1.807, 2.05) is 0 Å². The second kappa shape index (κ2) is 9.28. The van der Waals surface area contributed by atoms with Gasteiger partial charge < -0.3 is 23.7 Å². The Kier molecular flexibility index (Phi) is 7.68. The van der Waals surface area contributed by atoms with Crippen LogP contribution in [0.5, 0.6) is 0 Å². The summed E-state index contributed by atoms with van der Waals surface area (Å²) in [6, 6.07) is 0. The standard InChI is InChI=1S/C16H21FO10/c1-6(18)23-12-11(17)13(24-7(2)19)15(26-9(4)21)16(27-10(5)22)14(12)25-8(3)20/h11-16H,1-5H3/t11?,12-,13+,14+,15-,16?. The maximum Gasteiger partial charge on any atom is 0.303 e. The summed E-state index contributed by atoms with van der Waals surface area (Å²) < 4.78 is 39.9. The van der Waals surface area contributed by atoms with E-state index in [0.29, 0.717) is 0 Å². The highest BCUT2D eigenvalue weighted by atomic mass is 19.1. The molecule has 0 bridgehead atoms. The Morgan fingerprint density at radius 3 is 0.889 bits per heavy atom. The smallest absolute Gasteiger partial charge is 0.303 e. The minimum Gasteiger partial charge on any atom is -0.455 e. The lowest BCUT2D eigenvalue weighted by Gasteiger charge is -2.45. The van der Waals surface area contributed by atoms with Gasteiger partial charge >= 0.3 is 29.8 Å². The van der Waals surface area contributed by atoms with E-state index in [4.69, 9.17) is 23.7 Å². The third-order valence-corrected chi connectivity index (χ3v) is 3.43. The van der Waals surface area contributed by atoms with Crippen molar-refractivity contribution in [3.05, 3.63) is 0 Å². The highest BCUT2D eigenvalue weighted by Gasteiger charge is 2.59. The molecule has 0 radical (unpaired) electrons. The normalized spacial score (nSPS) is 29.9. The fourth-order valence-electron chi connectivity index (χ4n) is 2.73. The van der Waals surface area contributed by atoms with Gasteiger partial charge in [-0.05, 0) is 0 Å². The summed E-state index contributed by atoms with van der Waals surface area (Å²) in [4.78, 5) is 57.2. The molecule has 0 aromatic carbocycles. The SMILES string of the molecule is CC(=O)OC1[C@@H](OC(C)=O)[C@H](OC(C)=O)C(F)[C@H](OC(C)=O)[C@H]1OC(C)=O. The molecule has 1 rings (SSSR count). The van der Waals surface area contributed by atoms with Gasteiger partial charge in [0.2, 0.25) is 0 Å². The van der Waals surface area contributed by atoms with Crippen LogP contribution in [0.2, 0.25) is 0 Å². The molecule has 0 heterocycles. The molecule has 27 heavy (non-hydrogen) atoms. The molecule has 0 spiro atoms.